The number of benzene rings is 3. The number of halogens is 3. The van der Waals surface area contributed by atoms with Crippen LogP contribution in [0.25, 0.3) is 0 Å². The van der Waals surface area contributed by atoms with Gasteiger partial charge in [0.1, 0.15) is 5.75 Å². The second kappa shape index (κ2) is 8.39. The molecule has 0 radical (unpaired) electrons. The molecule has 2 heterocycles. The van der Waals surface area contributed by atoms with Crippen molar-refractivity contribution >= 4 is 40.5 Å². The van der Waals surface area contributed by atoms with E-state index < -0.39 is 6.23 Å². The second-order valence-electron chi connectivity index (χ2n) is 7.54. The molecule has 2 aliphatic rings. The fourth-order valence-electron chi connectivity index (χ4n) is 4.15. The average molecular weight is 490 g/mol. The van der Waals surface area contributed by atoms with Gasteiger partial charge in [-0.15, -0.1) is 0 Å². The summed E-state index contributed by atoms with van der Waals surface area (Å²) in [6, 6.07) is 16.8. The van der Waals surface area contributed by atoms with Crippen LogP contribution in [0.1, 0.15) is 35.4 Å². The van der Waals surface area contributed by atoms with E-state index >= 15 is 0 Å². The molecular formula is C24H19Cl3N2O3. The van der Waals surface area contributed by atoms with Gasteiger partial charge in [0.25, 0.3) is 0 Å². The lowest BCUT2D eigenvalue weighted by atomic mass is 9.95. The van der Waals surface area contributed by atoms with E-state index in [1.807, 2.05) is 53.5 Å². The van der Waals surface area contributed by atoms with Crippen molar-refractivity contribution in [3.8, 4) is 17.2 Å². The summed E-state index contributed by atoms with van der Waals surface area (Å²) in [5, 5.41) is 8.61. The lowest BCUT2D eigenvalue weighted by Gasteiger charge is -2.38. The summed E-state index contributed by atoms with van der Waals surface area (Å²) >= 11 is 19.0. The molecule has 8 heteroatoms. The van der Waals surface area contributed by atoms with Gasteiger partial charge < -0.3 is 14.2 Å². The normalized spacial score (nSPS) is 19.0. The highest BCUT2D eigenvalue weighted by molar-refractivity contribution is 6.35. The minimum Gasteiger partial charge on any atom is -0.493 e. The molecule has 5 nitrogen and oxygen atoms in total. The zero-order valence-electron chi connectivity index (χ0n) is 17.3. The highest BCUT2D eigenvalue weighted by atomic mass is 35.5. The van der Waals surface area contributed by atoms with E-state index in [9.17, 15) is 0 Å². The van der Waals surface area contributed by atoms with Crippen LogP contribution in [0.5, 0.6) is 17.2 Å². The summed E-state index contributed by atoms with van der Waals surface area (Å²) in [5.41, 5.74) is 3.68. The molecule has 3 aromatic rings. The van der Waals surface area contributed by atoms with Crippen LogP contribution in [-0.4, -0.2) is 24.9 Å². The Morgan fingerprint density at radius 2 is 1.66 bits per heavy atom. The first kappa shape index (κ1) is 21.3. The number of methoxy groups -OCH3 is 2. The molecule has 0 fully saturated rings. The van der Waals surface area contributed by atoms with Crippen LogP contribution >= 0.6 is 34.8 Å². The van der Waals surface area contributed by atoms with E-state index in [1.165, 1.54) is 0 Å². The Morgan fingerprint density at radius 1 is 0.906 bits per heavy atom. The van der Waals surface area contributed by atoms with E-state index in [-0.39, 0.29) is 6.04 Å². The van der Waals surface area contributed by atoms with Crippen LogP contribution < -0.4 is 14.2 Å². The Balaban J connectivity index is 1.61. The Morgan fingerprint density at radius 3 is 2.38 bits per heavy atom. The van der Waals surface area contributed by atoms with Crippen molar-refractivity contribution in [2.45, 2.75) is 18.7 Å². The Hall–Kier alpha value is -2.60. The first-order chi connectivity index (χ1) is 15.5. The third kappa shape index (κ3) is 3.64. The number of ether oxygens (including phenoxy) is 3. The average Bonchev–Trinajstić information content (AvgIpc) is 3.25. The highest BCUT2D eigenvalue weighted by Gasteiger charge is 2.42. The van der Waals surface area contributed by atoms with Crippen molar-refractivity contribution in [1.82, 2.24) is 5.01 Å². The van der Waals surface area contributed by atoms with Crippen LogP contribution in [0.3, 0.4) is 0 Å². The van der Waals surface area contributed by atoms with Crippen LogP contribution in [0.15, 0.2) is 59.7 Å². The van der Waals surface area contributed by atoms with Crippen molar-refractivity contribution in [1.29, 1.82) is 0 Å². The zero-order valence-corrected chi connectivity index (χ0v) is 19.6. The first-order valence-corrected chi connectivity index (χ1v) is 11.1. The number of fused-ring (bicyclic) bond motifs is 3. The predicted octanol–water partition coefficient (Wildman–Crippen LogP) is 6.91. The number of hydrogen-bond donors (Lipinski definition) is 0. The van der Waals surface area contributed by atoms with Gasteiger partial charge in [0.05, 0.1) is 31.0 Å². The van der Waals surface area contributed by atoms with Gasteiger partial charge in [-0.1, -0.05) is 46.9 Å². The predicted molar refractivity (Wildman–Crippen MR) is 127 cm³/mol. The maximum atomic E-state index is 6.53. The summed E-state index contributed by atoms with van der Waals surface area (Å²) in [4.78, 5) is 0. The van der Waals surface area contributed by atoms with Gasteiger partial charge in [-0.2, -0.15) is 5.10 Å². The maximum absolute atomic E-state index is 6.53. The largest absolute Gasteiger partial charge is 0.493 e. The van der Waals surface area contributed by atoms with Gasteiger partial charge in [0.2, 0.25) is 6.23 Å². The van der Waals surface area contributed by atoms with Crippen molar-refractivity contribution in [2.75, 3.05) is 14.2 Å². The third-order valence-electron chi connectivity index (χ3n) is 5.68. The van der Waals surface area contributed by atoms with E-state index in [0.29, 0.717) is 38.7 Å². The molecule has 32 heavy (non-hydrogen) atoms. The molecule has 164 valence electrons. The van der Waals surface area contributed by atoms with Crippen LogP contribution in [-0.2, 0) is 0 Å². The summed E-state index contributed by atoms with van der Waals surface area (Å²) in [6.45, 7) is 0. The van der Waals surface area contributed by atoms with E-state index in [0.717, 1.165) is 22.4 Å². The van der Waals surface area contributed by atoms with Crippen molar-refractivity contribution in [2.24, 2.45) is 5.10 Å². The lowest BCUT2D eigenvalue weighted by Crippen LogP contribution is -2.33. The number of nitrogens with zero attached hydrogens (tertiary/aromatic N) is 2. The molecule has 3 aromatic carbocycles. The third-order valence-corrected chi connectivity index (χ3v) is 6.43. The zero-order chi connectivity index (χ0) is 22.4. The van der Waals surface area contributed by atoms with Gasteiger partial charge in [0.15, 0.2) is 11.5 Å². The van der Waals surface area contributed by atoms with Crippen LogP contribution in [0, 0.1) is 0 Å². The lowest BCUT2D eigenvalue weighted by molar-refractivity contribution is -0.0189. The van der Waals surface area contributed by atoms with Crippen LogP contribution in [0.4, 0.5) is 0 Å². The van der Waals surface area contributed by atoms with Gasteiger partial charge >= 0.3 is 0 Å². The number of hydrogen-bond acceptors (Lipinski definition) is 5. The summed E-state index contributed by atoms with van der Waals surface area (Å²) in [5.74, 6) is 1.94. The van der Waals surface area contributed by atoms with Gasteiger partial charge in [-0.3, -0.25) is 0 Å². The smallest absolute Gasteiger partial charge is 0.213 e. The molecule has 5 rings (SSSR count). The minimum absolute atomic E-state index is 0.0845. The minimum atomic E-state index is -0.457. The Bertz CT molecular complexity index is 1210. The molecule has 0 amide bonds. The molecule has 0 aliphatic carbocycles. The Kier molecular flexibility index (Phi) is 5.58. The SMILES string of the molecule is COc1ccc(C2=NN3[C@@H](C2)c2cc(Cl)cc(Cl)c2O[C@H]3c2ccc(Cl)cc2)cc1OC. The monoisotopic (exact) mass is 488 g/mol. The molecule has 2 atom stereocenters. The number of hydrazone groups is 1. The molecule has 0 unspecified atom stereocenters. The van der Waals surface area contributed by atoms with Gasteiger partial charge in [-0.05, 0) is 42.5 Å². The second-order valence-corrected chi connectivity index (χ2v) is 8.82. The standard InChI is InChI=1S/C24H19Cl3N2O3/c1-30-21-8-5-14(9-22(21)31-2)19-12-20-17-10-16(26)11-18(27)23(17)32-24(29(20)28-19)13-3-6-15(25)7-4-13/h3-11,20,24H,12H2,1-2H3/t20-,24-/m0/s1. The molecule has 2 aliphatic heterocycles. The molecule has 0 N–H and O–H groups in total. The summed E-state index contributed by atoms with van der Waals surface area (Å²) in [7, 11) is 3.23. The van der Waals surface area contributed by atoms with Gasteiger partial charge in [-0.25, -0.2) is 5.01 Å². The fraction of sp³-hybridized carbons (Fsp3) is 0.208. The highest BCUT2D eigenvalue weighted by Crippen LogP contribution is 2.51. The molecule has 0 spiro atoms. The van der Waals surface area contributed by atoms with E-state index in [4.69, 9.17) is 54.1 Å². The molecule has 0 bridgehead atoms. The number of rotatable bonds is 4. The van der Waals surface area contributed by atoms with Gasteiger partial charge in [0, 0.05) is 33.2 Å². The molecule has 0 aromatic heterocycles. The molecule has 0 saturated carbocycles. The summed E-state index contributed by atoms with van der Waals surface area (Å²) < 4.78 is 17.2. The summed E-state index contributed by atoms with van der Waals surface area (Å²) in [6.07, 6.45) is 0.202. The Labute approximate surface area is 201 Å². The topological polar surface area (TPSA) is 43.3 Å². The van der Waals surface area contributed by atoms with Crippen molar-refractivity contribution < 1.29 is 14.2 Å². The fourth-order valence-corrected chi connectivity index (χ4v) is 4.83. The van der Waals surface area contributed by atoms with E-state index in [1.54, 1.807) is 20.3 Å². The van der Waals surface area contributed by atoms with Crippen molar-refractivity contribution in [3.05, 3.63) is 86.4 Å². The maximum Gasteiger partial charge on any atom is 0.213 e. The quantitative estimate of drug-likeness (QED) is 0.399. The molecule has 0 saturated heterocycles. The van der Waals surface area contributed by atoms with Crippen LogP contribution in [0.2, 0.25) is 15.1 Å². The van der Waals surface area contributed by atoms with Crippen molar-refractivity contribution in [3.63, 3.8) is 0 Å². The molecular weight excluding hydrogens is 471 g/mol. The first-order valence-electron chi connectivity index (χ1n) is 9.97. The van der Waals surface area contributed by atoms with E-state index in [2.05, 4.69) is 0 Å².